The highest BCUT2D eigenvalue weighted by Crippen LogP contribution is 2.20. The molecule has 1 aliphatic heterocycles. The maximum atomic E-state index is 12.3. The van der Waals surface area contributed by atoms with E-state index in [1.807, 2.05) is 20.0 Å². The average molecular weight is 383 g/mol. The van der Waals surface area contributed by atoms with Gasteiger partial charge >= 0.3 is 0 Å². The summed E-state index contributed by atoms with van der Waals surface area (Å²) >= 11 is 0. The topological polar surface area (TPSA) is 73.5 Å². The lowest BCUT2D eigenvalue weighted by atomic mass is 9.93. The van der Waals surface area contributed by atoms with Crippen LogP contribution in [0.15, 0.2) is 24.3 Å². The number of hydrogen-bond acceptors (Lipinski definition) is 4. The molecule has 1 heterocycles. The summed E-state index contributed by atoms with van der Waals surface area (Å²) in [6, 6.07) is 7.06. The summed E-state index contributed by atoms with van der Waals surface area (Å²) in [5.74, 6) is 0.615. The van der Waals surface area contributed by atoms with Crippen molar-refractivity contribution in [3.8, 4) is 0 Å². The number of nitrogens with one attached hydrogen (secondary N) is 3. The maximum absolute atomic E-state index is 12.3. The first-order chi connectivity index (χ1) is 12.1. The summed E-state index contributed by atoms with van der Waals surface area (Å²) < 4.78 is 0. The van der Waals surface area contributed by atoms with Gasteiger partial charge in [-0.05, 0) is 77.0 Å². The van der Waals surface area contributed by atoms with Gasteiger partial charge in [-0.2, -0.15) is 0 Å². The van der Waals surface area contributed by atoms with Crippen molar-refractivity contribution in [1.29, 1.82) is 0 Å². The number of hydrogen-bond donors (Lipinski definition) is 3. The fraction of sp³-hybridized carbons (Fsp3) is 0.579. The predicted octanol–water partition coefficient (Wildman–Crippen LogP) is 2.12. The summed E-state index contributed by atoms with van der Waals surface area (Å²) in [6.07, 6.45) is 3.52. The monoisotopic (exact) mass is 382 g/mol. The Bertz CT molecular complexity index is 574. The van der Waals surface area contributed by atoms with E-state index < -0.39 is 0 Å². The lowest BCUT2D eigenvalue weighted by Gasteiger charge is -2.31. The van der Waals surface area contributed by atoms with Gasteiger partial charge in [0.1, 0.15) is 0 Å². The van der Waals surface area contributed by atoms with Crippen LogP contribution in [-0.4, -0.2) is 56.5 Å². The molecule has 0 spiro atoms. The lowest BCUT2D eigenvalue weighted by Crippen LogP contribution is -2.39. The molecule has 1 aliphatic rings. The molecule has 0 bridgehead atoms. The van der Waals surface area contributed by atoms with E-state index >= 15 is 0 Å². The van der Waals surface area contributed by atoms with Crippen LogP contribution in [0, 0.1) is 5.92 Å². The standard InChI is InChI=1S/C19H30N4O2.ClH/c1-3-21-19(25)16-5-4-6-17(13-16)22-18(24)14-23-11-8-15(9-12-23)7-10-20-2;/h4-6,13,15,20H,3,7-12,14H2,1-2H3,(H,21,25)(H,22,24);1H. The molecule has 0 unspecified atom stereocenters. The molecule has 1 fully saturated rings. The second-order valence-corrected chi connectivity index (χ2v) is 6.60. The minimum absolute atomic E-state index is 0. The second-order valence-electron chi connectivity index (χ2n) is 6.60. The Labute approximate surface area is 162 Å². The van der Waals surface area contributed by atoms with Crippen molar-refractivity contribution >= 4 is 29.9 Å². The predicted molar refractivity (Wildman–Crippen MR) is 108 cm³/mol. The molecule has 0 radical (unpaired) electrons. The summed E-state index contributed by atoms with van der Waals surface area (Å²) in [7, 11) is 1.99. The van der Waals surface area contributed by atoms with Gasteiger partial charge in [0.15, 0.2) is 0 Å². The van der Waals surface area contributed by atoms with E-state index in [1.165, 1.54) is 6.42 Å². The SMILES string of the molecule is CCNC(=O)c1cccc(NC(=O)CN2CCC(CCNC)CC2)c1.Cl. The van der Waals surface area contributed by atoms with Crippen LogP contribution >= 0.6 is 12.4 Å². The number of carbonyl (C=O) groups excluding carboxylic acids is 2. The normalized spacial score (nSPS) is 15.2. The first-order valence-electron chi connectivity index (χ1n) is 9.17. The van der Waals surface area contributed by atoms with Gasteiger partial charge in [-0.25, -0.2) is 0 Å². The zero-order chi connectivity index (χ0) is 18.1. The van der Waals surface area contributed by atoms with Crippen LogP contribution in [0.2, 0.25) is 0 Å². The van der Waals surface area contributed by atoms with Crippen molar-refractivity contribution in [3.05, 3.63) is 29.8 Å². The van der Waals surface area contributed by atoms with Gasteiger partial charge in [-0.3, -0.25) is 14.5 Å². The zero-order valence-corrected chi connectivity index (χ0v) is 16.5. The van der Waals surface area contributed by atoms with Crippen LogP contribution in [-0.2, 0) is 4.79 Å². The fourth-order valence-electron chi connectivity index (χ4n) is 3.19. The highest BCUT2D eigenvalue weighted by Gasteiger charge is 2.20. The van der Waals surface area contributed by atoms with Gasteiger partial charge in [-0.1, -0.05) is 6.07 Å². The molecule has 0 atom stereocenters. The summed E-state index contributed by atoms with van der Waals surface area (Å²) in [5, 5.41) is 8.86. The van der Waals surface area contributed by atoms with Crippen LogP contribution in [0.4, 0.5) is 5.69 Å². The molecule has 3 N–H and O–H groups in total. The van der Waals surface area contributed by atoms with E-state index in [9.17, 15) is 9.59 Å². The van der Waals surface area contributed by atoms with E-state index in [0.717, 1.165) is 38.4 Å². The summed E-state index contributed by atoms with van der Waals surface area (Å²) in [6.45, 7) is 5.88. The molecule has 146 valence electrons. The third kappa shape index (κ3) is 7.32. The Hall–Kier alpha value is -1.63. The van der Waals surface area contributed by atoms with Gasteiger partial charge in [0, 0.05) is 17.8 Å². The molecule has 1 aromatic rings. The number of likely N-dealkylation sites (tertiary alicyclic amines) is 1. The lowest BCUT2D eigenvalue weighted by molar-refractivity contribution is -0.117. The van der Waals surface area contributed by atoms with Crippen molar-refractivity contribution < 1.29 is 9.59 Å². The molecule has 7 heteroatoms. The number of piperidine rings is 1. The number of nitrogens with zero attached hydrogens (tertiary/aromatic N) is 1. The van der Waals surface area contributed by atoms with Crippen molar-refractivity contribution in [2.75, 3.05) is 45.1 Å². The highest BCUT2D eigenvalue weighted by molar-refractivity contribution is 5.97. The van der Waals surface area contributed by atoms with Crippen molar-refractivity contribution in [2.24, 2.45) is 5.92 Å². The second kappa shape index (κ2) is 11.9. The number of rotatable bonds is 8. The van der Waals surface area contributed by atoms with E-state index in [1.54, 1.807) is 18.2 Å². The highest BCUT2D eigenvalue weighted by atomic mass is 35.5. The van der Waals surface area contributed by atoms with E-state index in [4.69, 9.17) is 0 Å². The molecular weight excluding hydrogens is 352 g/mol. The van der Waals surface area contributed by atoms with Crippen LogP contribution in [0.3, 0.4) is 0 Å². The van der Waals surface area contributed by atoms with E-state index in [-0.39, 0.29) is 24.2 Å². The van der Waals surface area contributed by atoms with Gasteiger partial charge in [0.25, 0.3) is 5.91 Å². The molecule has 0 saturated carbocycles. The van der Waals surface area contributed by atoms with Gasteiger partial charge in [-0.15, -0.1) is 12.4 Å². The Balaban J connectivity index is 0.00000338. The summed E-state index contributed by atoms with van der Waals surface area (Å²) in [4.78, 5) is 26.4. The third-order valence-corrected chi connectivity index (χ3v) is 4.62. The van der Waals surface area contributed by atoms with E-state index in [2.05, 4.69) is 20.9 Å². The largest absolute Gasteiger partial charge is 0.352 e. The average Bonchev–Trinajstić information content (AvgIpc) is 2.61. The van der Waals surface area contributed by atoms with E-state index in [0.29, 0.717) is 24.3 Å². The molecule has 0 aromatic heterocycles. The van der Waals surface area contributed by atoms with Crippen LogP contribution in [0.25, 0.3) is 0 Å². The van der Waals surface area contributed by atoms with Gasteiger partial charge < -0.3 is 16.0 Å². The van der Waals surface area contributed by atoms with Gasteiger partial charge in [0.2, 0.25) is 5.91 Å². The Morgan fingerprint density at radius 3 is 2.62 bits per heavy atom. The first kappa shape index (κ1) is 22.4. The van der Waals surface area contributed by atoms with Crippen LogP contribution < -0.4 is 16.0 Å². The Morgan fingerprint density at radius 2 is 1.96 bits per heavy atom. The Morgan fingerprint density at radius 1 is 1.23 bits per heavy atom. The maximum Gasteiger partial charge on any atom is 0.251 e. The number of carbonyl (C=O) groups is 2. The molecule has 6 nitrogen and oxygen atoms in total. The van der Waals surface area contributed by atoms with Crippen LogP contribution in [0.5, 0.6) is 0 Å². The van der Waals surface area contributed by atoms with Gasteiger partial charge in [0.05, 0.1) is 6.54 Å². The van der Waals surface area contributed by atoms with Crippen molar-refractivity contribution in [1.82, 2.24) is 15.5 Å². The quantitative estimate of drug-likeness (QED) is 0.644. The van der Waals surface area contributed by atoms with Crippen molar-refractivity contribution in [2.45, 2.75) is 26.2 Å². The Kier molecular flexibility index (Phi) is 10.2. The number of benzene rings is 1. The molecule has 2 amide bonds. The molecule has 1 aromatic carbocycles. The minimum Gasteiger partial charge on any atom is -0.352 e. The first-order valence-corrected chi connectivity index (χ1v) is 9.17. The molecular formula is C19H31ClN4O2. The molecule has 0 aliphatic carbocycles. The molecule has 1 saturated heterocycles. The third-order valence-electron chi connectivity index (χ3n) is 4.62. The van der Waals surface area contributed by atoms with Crippen LogP contribution in [0.1, 0.15) is 36.5 Å². The van der Waals surface area contributed by atoms with Crippen molar-refractivity contribution in [3.63, 3.8) is 0 Å². The fourth-order valence-corrected chi connectivity index (χ4v) is 3.19. The number of anilines is 1. The molecule has 26 heavy (non-hydrogen) atoms. The molecule has 2 rings (SSSR count). The minimum atomic E-state index is -0.123. The smallest absolute Gasteiger partial charge is 0.251 e. The zero-order valence-electron chi connectivity index (χ0n) is 15.7. The summed E-state index contributed by atoms with van der Waals surface area (Å²) in [5.41, 5.74) is 1.22. The number of halogens is 1. The number of amides is 2.